The Morgan fingerprint density at radius 2 is 2.07 bits per heavy atom. The quantitative estimate of drug-likeness (QED) is 0.562. The van der Waals surface area contributed by atoms with Gasteiger partial charge in [-0.3, -0.25) is 9.59 Å². The second-order valence-electron chi connectivity index (χ2n) is 5.21. The van der Waals surface area contributed by atoms with Gasteiger partial charge in [-0.05, 0) is 36.8 Å². The van der Waals surface area contributed by atoms with Crippen LogP contribution in [0.15, 0.2) is 23.8 Å². The number of carbonyl (C=O) groups excluding carboxylic acids is 2. The lowest BCUT2D eigenvalue weighted by Crippen LogP contribution is -2.45. The van der Waals surface area contributed by atoms with Crippen molar-refractivity contribution >= 4 is 11.6 Å². The zero-order valence-corrected chi connectivity index (χ0v) is 8.99. The largest absolute Gasteiger partial charge is 0.294 e. The number of hydrogen-bond donors (Lipinski definition) is 0. The minimum Gasteiger partial charge on any atom is -0.294 e. The molecule has 2 heteroatoms. The molecule has 0 aliphatic heterocycles. The molecule has 0 spiro atoms. The molecule has 1 saturated carbocycles. The van der Waals surface area contributed by atoms with Crippen LogP contribution in [0.4, 0.5) is 0 Å². The van der Waals surface area contributed by atoms with Crippen LogP contribution in [0.2, 0.25) is 0 Å². The first-order valence-corrected chi connectivity index (χ1v) is 5.50. The van der Waals surface area contributed by atoms with Gasteiger partial charge in [-0.25, -0.2) is 0 Å². The van der Waals surface area contributed by atoms with Crippen molar-refractivity contribution in [2.24, 2.45) is 23.2 Å². The third kappa shape index (κ3) is 0.858. The van der Waals surface area contributed by atoms with Crippen molar-refractivity contribution in [1.82, 2.24) is 0 Å². The summed E-state index contributed by atoms with van der Waals surface area (Å²) < 4.78 is 0. The van der Waals surface area contributed by atoms with E-state index in [1.54, 1.807) is 13.0 Å². The third-order valence-corrected chi connectivity index (χ3v) is 4.51. The van der Waals surface area contributed by atoms with Crippen LogP contribution in [-0.2, 0) is 9.59 Å². The molecule has 0 heterocycles. The topological polar surface area (TPSA) is 34.1 Å². The number of Topliss-reactive ketones (excluding diaryl/α,β-unsaturated/α-hetero) is 1. The maximum Gasteiger partial charge on any atom is 0.163 e. The molecule has 4 unspecified atom stereocenters. The van der Waals surface area contributed by atoms with E-state index in [1.165, 1.54) is 0 Å². The highest BCUT2D eigenvalue weighted by Crippen LogP contribution is 2.58. The Morgan fingerprint density at radius 1 is 1.33 bits per heavy atom. The van der Waals surface area contributed by atoms with E-state index >= 15 is 0 Å². The normalized spacial score (nSPS) is 47.1. The van der Waals surface area contributed by atoms with Crippen LogP contribution in [-0.4, -0.2) is 11.6 Å². The first-order valence-electron chi connectivity index (χ1n) is 5.50. The molecule has 78 valence electrons. The molecule has 0 aromatic carbocycles. The van der Waals surface area contributed by atoms with Crippen molar-refractivity contribution in [3.8, 4) is 0 Å². The molecular formula is C13H14O2. The molecule has 3 aliphatic rings. The van der Waals surface area contributed by atoms with Gasteiger partial charge in [0, 0.05) is 11.3 Å². The Labute approximate surface area is 89.0 Å². The van der Waals surface area contributed by atoms with Crippen LogP contribution in [0.1, 0.15) is 20.3 Å². The van der Waals surface area contributed by atoms with Gasteiger partial charge in [-0.1, -0.05) is 19.1 Å². The fourth-order valence-electron chi connectivity index (χ4n) is 3.57. The van der Waals surface area contributed by atoms with Crippen molar-refractivity contribution in [1.29, 1.82) is 0 Å². The monoisotopic (exact) mass is 202 g/mol. The molecule has 0 saturated heterocycles. The highest BCUT2D eigenvalue weighted by Gasteiger charge is 2.60. The molecule has 0 aromatic heterocycles. The fraction of sp³-hybridized carbons (Fsp3) is 0.538. The lowest BCUT2D eigenvalue weighted by molar-refractivity contribution is -0.136. The summed E-state index contributed by atoms with van der Waals surface area (Å²) in [5, 5.41) is 0. The Bertz CT molecular complexity index is 430. The van der Waals surface area contributed by atoms with Gasteiger partial charge in [-0.2, -0.15) is 0 Å². The van der Waals surface area contributed by atoms with E-state index in [2.05, 4.69) is 12.2 Å². The van der Waals surface area contributed by atoms with E-state index in [1.807, 2.05) is 6.92 Å². The van der Waals surface area contributed by atoms with Gasteiger partial charge >= 0.3 is 0 Å². The lowest BCUT2D eigenvalue weighted by atomic mass is 9.62. The lowest BCUT2D eigenvalue weighted by Gasteiger charge is -2.38. The molecule has 3 aliphatic carbocycles. The van der Waals surface area contributed by atoms with Gasteiger partial charge in [0.1, 0.15) is 0 Å². The smallest absolute Gasteiger partial charge is 0.163 e. The highest BCUT2D eigenvalue weighted by molar-refractivity contribution is 6.13. The Hall–Kier alpha value is -1.18. The predicted molar refractivity (Wildman–Crippen MR) is 56.1 cm³/mol. The zero-order valence-electron chi connectivity index (χ0n) is 8.99. The standard InChI is InChI=1S/C13H14O2/c1-7-5-10(14)13(2)9-4-3-8(6-9)11(13)12(7)15/h3-5,8-9,11H,6H2,1-2H3. The van der Waals surface area contributed by atoms with E-state index < -0.39 is 5.41 Å². The highest BCUT2D eigenvalue weighted by atomic mass is 16.1. The Morgan fingerprint density at radius 3 is 2.80 bits per heavy atom. The molecular weight excluding hydrogens is 188 g/mol. The first kappa shape index (κ1) is 9.08. The summed E-state index contributed by atoms with van der Waals surface area (Å²) in [4.78, 5) is 24.2. The third-order valence-electron chi connectivity index (χ3n) is 4.51. The van der Waals surface area contributed by atoms with Gasteiger partial charge in [0.15, 0.2) is 11.6 Å². The van der Waals surface area contributed by atoms with Gasteiger partial charge in [0.05, 0.1) is 0 Å². The van der Waals surface area contributed by atoms with Crippen LogP contribution >= 0.6 is 0 Å². The molecule has 3 rings (SSSR count). The van der Waals surface area contributed by atoms with Crippen LogP contribution in [0.25, 0.3) is 0 Å². The molecule has 2 bridgehead atoms. The molecule has 2 nitrogen and oxygen atoms in total. The van der Waals surface area contributed by atoms with Crippen molar-refractivity contribution in [2.75, 3.05) is 0 Å². The Kier molecular flexibility index (Phi) is 1.51. The summed E-state index contributed by atoms with van der Waals surface area (Å²) >= 11 is 0. The van der Waals surface area contributed by atoms with Gasteiger partial charge in [-0.15, -0.1) is 0 Å². The summed E-state index contributed by atoms with van der Waals surface area (Å²) in [6.45, 7) is 3.73. The van der Waals surface area contributed by atoms with Crippen molar-refractivity contribution in [3.05, 3.63) is 23.8 Å². The van der Waals surface area contributed by atoms with Crippen LogP contribution in [0, 0.1) is 23.2 Å². The number of allylic oxidation sites excluding steroid dienone is 4. The van der Waals surface area contributed by atoms with E-state index in [9.17, 15) is 9.59 Å². The predicted octanol–water partition coefficient (Wildman–Crippen LogP) is 1.91. The molecule has 0 N–H and O–H groups in total. The minimum atomic E-state index is -0.435. The molecule has 0 radical (unpaired) electrons. The minimum absolute atomic E-state index is 0.0787. The van der Waals surface area contributed by atoms with E-state index in [4.69, 9.17) is 0 Å². The van der Waals surface area contributed by atoms with Gasteiger partial charge < -0.3 is 0 Å². The average molecular weight is 202 g/mol. The summed E-state index contributed by atoms with van der Waals surface area (Å²) in [5.41, 5.74) is 0.208. The van der Waals surface area contributed by atoms with Crippen LogP contribution in [0.5, 0.6) is 0 Å². The summed E-state index contributed by atoms with van der Waals surface area (Å²) in [6.07, 6.45) is 6.79. The van der Waals surface area contributed by atoms with Crippen LogP contribution < -0.4 is 0 Å². The molecule has 0 amide bonds. The summed E-state index contributed by atoms with van der Waals surface area (Å²) in [6, 6.07) is 0. The summed E-state index contributed by atoms with van der Waals surface area (Å²) in [5.74, 6) is 0.855. The van der Waals surface area contributed by atoms with Crippen molar-refractivity contribution in [3.63, 3.8) is 0 Å². The van der Waals surface area contributed by atoms with Gasteiger partial charge in [0.2, 0.25) is 0 Å². The number of hydrogen-bond acceptors (Lipinski definition) is 2. The number of fused-ring (bicyclic) bond motifs is 5. The van der Waals surface area contributed by atoms with Crippen molar-refractivity contribution in [2.45, 2.75) is 20.3 Å². The van der Waals surface area contributed by atoms with Gasteiger partial charge in [0.25, 0.3) is 0 Å². The fourth-order valence-corrected chi connectivity index (χ4v) is 3.57. The first-order chi connectivity index (χ1) is 7.05. The Balaban J connectivity index is 2.19. The number of ketones is 2. The molecule has 0 aromatic rings. The van der Waals surface area contributed by atoms with E-state index in [0.717, 1.165) is 6.42 Å². The maximum absolute atomic E-state index is 12.1. The summed E-state index contributed by atoms with van der Waals surface area (Å²) in [7, 11) is 0. The SMILES string of the molecule is CC1=CC(=O)C2(C)C3C=CC(C3)C2C1=O. The zero-order chi connectivity index (χ0) is 10.8. The second-order valence-corrected chi connectivity index (χ2v) is 5.21. The average Bonchev–Trinajstić information content (AvgIpc) is 2.74. The molecule has 1 fully saturated rings. The number of carbonyl (C=O) groups is 2. The van der Waals surface area contributed by atoms with Crippen LogP contribution in [0.3, 0.4) is 0 Å². The second kappa shape index (κ2) is 2.49. The molecule has 15 heavy (non-hydrogen) atoms. The van der Waals surface area contributed by atoms with Crippen molar-refractivity contribution < 1.29 is 9.59 Å². The molecule has 4 atom stereocenters. The van der Waals surface area contributed by atoms with E-state index in [-0.39, 0.29) is 23.4 Å². The van der Waals surface area contributed by atoms with E-state index in [0.29, 0.717) is 11.5 Å². The maximum atomic E-state index is 12.1. The number of rotatable bonds is 0.